The standard InChI is InChI=1S/C33H34N6O/c1-3-25-15-17-27(18-16-25)33(40)38-20-10-19-37(21-22-38)31-30-24(2)36-39(28-13-8-5-9-14-28)32(30)35-29(34-31)23-26-11-6-4-7-12-26/h4-9,11-18H,3,10,19-23H2,1-2H3. The number of para-hydroxylation sites is 1. The van der Waals surface area contributed by atoms with Crippen LogP contribution in [0.15, 0.2) is 84.9 Å². The van der Waals surface area contributed by atoms with Gasteiger partial charge < -0.3 is 9.80 Å². The first-order valence-corrected chi connectivity index (χ1v) is 14.1. The van der Waals surface area contributed by atoms with Gasteiger partial charge in [-0.2, -0.15) is 5.10 Å². The summed E-state index contributed by atoms with van der Waals surface area (Å²) in [6, 6.07) is 28.5. The molecule has 0 spiro atoms. The molecule has 0 saturated carbocycles. The summed E-state index contributed by atoms with van der Waals surface area (Å²) in [6.45, 7) is 7.02. The van der Waals surface area contributed by atoms with Gasteiger partial charge in [-0.1, -0.05) is 67.6 Å². The zero-order chi connectivity index (χ0) is 27.5. The lowest BCUT2D eigenvalue weighted by atomic mass is 10.1. The van der Waals surface area contributed by atoms with E-state index in [4.69, 9.17) is 15.1 Å². The van der Waals surface area contributed by atoms with E-state index in [-0.39, 0.29) is 5.91 Å². The quantitative estimate of drug-likeness (QED) is 0.285. The second-order valence-electron chi connectivity index (χ2n) is 10.3. The van der Waals surface area contributed by atoms with E-state index < -0.39 is 0 Å². The lowest BCUT2D eigenvalue weighted by Crippen LogP contribution is -2.35. The average Bonchev–Trinajstić information content (AvgIpc) is 3.16. The van der Waals surface area contributed by atoms with Gasteiger partial charge in [-0.3, -0.25) is 4.79 Å². The molecule has 0 atom stereocenters. The molecule has 6 rings (SSSR count). The number of carbonyl (C=O) groups excluding carboxylic acids is 1. The van der Waals surface area contributed by atoms with Crippen LogP contribution in [0.5, 0.6) is 0 Å². The second kappa shape index (κ2) is 11.3. The molecule has 40 heavy (non-hydrogen) atoms. The highest BCUT2D eigenvalue weighted by molar-refractivity contribution is 5.94. The zero-order valence-electron chi connectivity index (χ0n) is 23.1. The summed E-state index contributed by atoms with van der Waals surface area (Å²) in [5.74, 6) is 1.76. The molecule has 3 aromatic carbocycles. The summed E-state index contributed by atoms with van der Waals surface area (Å²) >= 11 is 0. The predicted molar refractivity (Wildman–Crippen MR) is 159 cm³/mol. The number of benzene rings is 3. The van der Waals surface area contributed by atoms with E-state index in [1.165, 1.54) is 5.56 Å². The summed E-state index contributed by atoms with van der Waals surface area (Å²) in [4.78, 5) is 27.8. The molecule has 7 heteroatoms. The number of anilines is 1. The predicted octanol–water partition coefficient (Wildman–Crippen LogP) is 5.63. The van der Waals surface area contributed by atoms with Crippen molar-refractivity contribution in [2.45, 2.75) is 33.1 Å². The van der Waals surface area contributed by atoms with Gasteiger partial charge in [-0.15, -0.1) is 0 Å². The molecule has 0 bridgehead atoms. The van der Waals surface area contributed by atoms with Crippen LogP contribution in [-0.4, -0.2) is 56.7 Å². The summed E-state index contributed by atoms with van der Waals surface area (Å²) in [5, 5.41) is 5.88. The van der Waals surface area contributed by atoms with Crippen LogP contribution >= 0.6 is 0 Å². The Kier molecular flexibility index (Phi) is 7.27. The fourth-order valence-electron chi connectivity index (χ4n) is 5.44. The molecule has 3 heterocycles. The number of aromatic nitrogens is 4. The molecule has 0 unspecified atom stereocenters. The number of carbonyl (C=O) groups is 1. The van der Waals surface area contributed by atoms with E-state index in [0.717, 1.165) is 71.1 Å². The van der Waals surface area contributed by atoms with Crippen molar-refractivity contribution in [3.8, 4) is 5.69 Å². The van der Waals surface area contributed by atoms with Crippen molar-refractivity contribution >= 4 is 22.8 Å². The number of hydrogen-bond donors (Lipinski definition) is 0. The van der Waals surface area contributed by atoms with Crippen molar-refractivity contribution in [3.05, 3.63) is 113 Å². The first-order chi connectivity index (χ1) is 19.6. The lowest BCUT2D eigenvalue weighted by Gasteiger charge is -2.24. The van der Waals surface area contributed by atoms with Crippen molar-refractivity contribution in [2.24, 2.45) is 0 Å². The topological polar surface area (TPSA) is 67.2 Å². The first kappa shape index (κ1) is 25.7. The molecule has 0 radical (unpaired) electrons. The van der Waals surface area contributed by atoms with Crippen LogP contribution in [0.1, 0.15) is 46.3 Å². The highest BCUT2D eigenvalue weighted by Gasteiger charge is 2.25. The molecule has 1 aliphatic heterocycles. The summed E-state index contributed by atoms with van der Waals surface area (Å²) in [6.07, 6.45) is 2.46. The van der Waals surface area contributed by atoms with Crippen LogP contribution in [0.25, 0.3) is 16.7 Å². The maximum absolute atomic E-state index is 13.3. The van der Waals surface area contributed by atoms with Gasteiger partial charge in [-0.05, 0) is 55.2 Å². The largest absolute Gasteiger partial charge is 0.354 e. The molecule has 1 amide bonds. The van der Waals surface area contributed by atoms with E-state index in [2.05, 4.69) is 36.1 Å². The second-order valence-corrected chi connectivity index (χ2v) is 10.3. The van der Waals surface area contributed by atoms with Crippen molar-refractivity contribution in [3.63, 3.8) is 0 Å². The van der Waals surface area contributed by atoms with Crippen LogP contribution in [0, 0.1) is 6.92 Å². The van der Waals surface area contributed by atoms with Crippen LogP contribution < -0.4 is 4.90 Å². The van der Waals surface area contributed by atoms with Gasteiger partial charge in [-0.25, -0.2) is 14.6 Å². The SMILES string of the molecule is CCc1ccc(C(=O)N2CCCN(c3nc(Cc4ccccc4)nc4c3c(C)nn4-c3ccccc3)CC2)cc1. The molecule has 0 N–H and O–H groups in total. The molecule has 0 aliphatic carbocycles. The molecule has 7 nitrogen and oxygen atoms in total. The van der Waals surface area contributed by atoms with E-state index in [1.807, 2.05) is 77.2 Å². The molecular weight excluding hydrogens is 496 g/mol. The maximum Gasteiger partial charge on any atom is 0.253 e. The maximum atomic E-state index is 13.3. The lowest BCUT2D eigenvalue weighted by molar-refractivity contribution is 0.0767. The fourth-order valence-corrected chi connectivity index (χ4v) is 5.44. The Balaban J connectivity index is 1.35. The van der Waals surface area contributed by atoms with E-state index >= 15 is 0 Å². The number of nitrogens with zero attached hydrogens (tertiary/aromatic N) is 6. The average molecular weight is 531 g/mol. The summed E-state index contributed by atoms with van der Waals surface area (Å²) in [5.41, 5.74) is 5.83. The fraction of sp³-hybridized carbons (Fsp3) is 0.273. The van der Waals surface area contributed by atoms with Gasteiger partial charge in [0.15, 0.2) is 5.65 Å². The Hall–Kier alpha value is -4.52. The number of aryl methyl sites for hydroxylation is 2. The minimum absolute atomic E-state index is 0.0928. The van der Waals surface area contributed by atoms with Crippen LogP contribution in [0.4, 0.5) is 5.82 Å². The Morgan fingerprint density at radius 1 is 0.800 bits per heavy atom. The first-order valence-electron chi connectivity index (χ1n) is 14.1. The molecular formula is C33H34N6O. The molecule has 1 saturated heterocycles. The van der Waals surface area contributed by atoms with Crippen LogP contribution in [0.2, 0.25) is 0 Å². The third-order valence-electron chi connectivity index (χ3n) is 7.63. The number of hydrogen-bond acceptors (Lipinski definition) is 5. The van der Waals surface area contributed by atoms with Gasteiger partial charge >= 0.3 is 0 Å². The van der Waals surface area contributed by atoms with Gasteiger partial charge in [0.05, 0.1) is 16.8 Å². The Bertz CT molecular complexity index is 1610. The Morgan fingerprint density at radius 3 is 2.25 bits per heavy atom. The summed E-state index contributed by atoms with van der Waals surface area (Å²) < 4.78 is 1.93. The number of rotatable bonds is 6. The van der Waals surface area contributed by atoms with Crippen molar-refractivity contribution in [2.75, 3.05) is 31.1 Å². The van der Waals surface area contributed by atoms with E-state index in [1.54, 1.807) is 0 Å². The van der Waals surface area contributed by atoms with Crippen LogP contribution in [-0.2, 0) is 12.8 Å². The van der Waals surface area contributed by atoms with E-state index in [9.17, 15) is 4.79 Å². The van der Waals surface area contributed by atoms with E-state index in [0.29, 0.717) is 19.5 Å². The molecule has 5 aromatic rings. The Labute approximate surface area is 235 Å². The molecule has 202 valence electrons. The van der Waals surface area contributed by atoms with Crippen LogP contribution in [0.3, 0.4) is 0 Å². The third kappa shape index (κ3) is 5.19. The normalized spacial score (nSPS) is 13.9. The highest BCUT2D eigenvalue weighted by atomic mass is 16.2. The number of amides is 1. The third-order valence-corrected chi connectivity index (χ3v) is 7.63. The number of fused-ring (bicyclic) bond motifs is 1. The van der Waals surface area contributed by atoms with Gasteiger partial charge in [0.1, 0.15) is 11.6 Å². The Morgan fingerprint density at radius 2 is 1.52 bits per heavy atom. The van der Waals surface area contributed by atoms with Gasteiger partial charge in [0.25, 0.3) is 5.91 Å². The molecule has 1 aliphatic rings. The van der Waals surface area contributed by atoms with Crippen molar-refractivity contribution < 1.29 is 4.79 Å². The van der Waals surface area contributed by atoms with Crippen molar-refractivity contribution in [1.82, 2.24) is 24.6 Å². The van der Waals surface area contributed by atoms with Gasteiger partial charge in [0, 0.05) is 38.2 Å². The zero-order valence-corrected chi connectivity index (χ0v) is 23.1. The highest BCUT2D eigenvalue weighted by Crippen LogP contribution is 2.30. The smallest absolute Gasteiger partial charge is 0.253 e. The minimum atomic E-state index is 0.0928. The minimum Gasteiger partial charge on any atom is -0.354 e. The van der Waals surface area contributed by atoms with Gasteiger partial charge in [0.2, 0.25) is 0 Å². The molecule has 1 fully saturated rings. The van der Waals surface area contributed by atoms with Crippen molar-refractivity contribution in [1.29, 1.82) is 0 Å². The monoisotopic (exact) mass is 530 g/mol. The molecule has 2 aromatic heterocycles. The summed E-state index contributed by atoms with van der Waals surface area (Å²) in [7, 11) is 0.